The average molecular weight is 778 g/mol. The molecule has 0 saturated carbocycles. The minimum absolute atomic E-state index is 0.142. The van der Waals surface area contributed by atoms with E-state index in [4.69, 9.17) is 36.5 Å². The van der Waals surface area contributed by atoms with Crippen molar-refractivity contribution in [3.63, 3.8) is 0 Å². The molecule has 58 heavy (non-hydrogen) atoms. The fraction of sp³-hybridized carbons (Fsp3) is 0.289. The number of rotatable bonds is 14. The fourth-order valence-electron chi connectivity index (χ4n) is 7.65. The summed E-state index contributed by atoms with van der Waals surface area (Å²) in [5.41, 5.74) is 5.74. The highest BCUT2D eigenvalue weighted by Crippen LogP contribution is 2.43. The van der Waals surface area contributed by atoms with Crippen molar-refractivity contribution < 1.29 is 33.3 Å². The van der Waals surface area contributed by atoms with Crippen LogP contribution in [0.1, 0.15) is 63.9 Å². The Morgan fingerprint density at radius 1 is 0.741 bits per heavy atom. The summed E-state index contributed by atoms with van der Waals surface area (Å²) in [5.74, 6) is 2.30. The lowest BCUT2D eigenvalue weighted by molar-refractivity contribution is 0.0796. The van der Waals surface area contributed by atoms with Gasteiger partial charge in [0, 0.05) is 61.6 Å². The number of benzene rings is 4. The quantitative estimate of drug-likeness (QED) is 0.102. The summed E-state index contributed by atoms with van der Waals surface area (Å²) in [5, 5.41) is 3.15. The van der Waals surface area contributed by atoms with Crippen molar-refractivity contribution >= 4 is 60.3 Å². The molecular weight excluding hydrogens is 733 g/mol. The molecule has 0 bridgehead atoms. The van der Waals surface area contributed by atoms with Gasteiger partial charge in [-0.2, -0.15) is 0 Å². The molecule has 1 unspecified atom stereocenters. The summed E-state index contributed by atoms with van der Waals surface area (Å²) in [7, 11) is 13.4. The highest BCUT2D eigenvalue weighted by Gasteiger charge is 2.41. The van der Waals surface area contributed by atoms with E-state index < -0.39 is 5.44 Å². The zero-order chi connectivity index (χ0) is 40.4. The average Bonchev–Trinajstić information content (AvgIpc) is 3.79. The Bertz CT molecular complexity index is 2380. The smallest absolute Gasteiger partial charge is 0.260 e. The number of methoxy groups -OCH3 is 3. The zero-order valence-corrected chi connectivity index (χ0v) is 33.0. The number of amides is 2. The maximum atomic E-state index is 13.9. The second-order valence-electron chi connectivity index (χ2n) is 14.5. The van der Waals surface area contributed by atoms with Gasteiger partial charge in [0.25, 0.3) is 11.8 Å². The summed E-state index contributed by atoms with van der Waals surface area (Å²) in [4.78, 5) is 40.3. The molecule has 0 spiro atoms. The number of anilines is 1. The van der Waals surface area contributed by atoms with Gasteiger partial charge in [0.2, 0.25) is 0 Å². The molecule has 0 saturated heterocycles. The number of unbranched alkanes of at least 4 members (excludes halogenated alkanes) is 2. The van der Waals surface area contributed by atoms with E-state index in [1.54, 1.807) is 61.6 Å². The Morgan fingerprint density at radius 3 is 2.07 bits per heavy atom. The van der Waals surface area contributed by atoms with Crippen LogP contribution in [0.15, 0.2) is 95.2 Å². The van der Waals surface area contributed by atoms with Crippen molar-refractivity contribution in [1.29, 1.82) is 0 Å². The standard InChI is InChI=1S/C45H44BN5O7/c1-47-32-10-8-9-29(17-32)31-23-45(46)27-49-38-22-42(40(56-4)20-36(38)44(53)51(45)26-31)58-16-7-5-6-15-57-41-21-37-35(19-39(41)55-3)43(52)50-25-30(18-33(50)24-48-37)28-11-13-34(54-2)14-12-28/h8-14,17,19-22,24-27,33,47H,5-7,15-16,18,23H2,1-4H3/t33-,45?/m0/s1. The van der Waals surface area contributed by atoms with E-state index in [0.29, 0.717) is 71.6 Å². The van der Waals surface area contributed by atoms with Gasteiger partial charge in [-0.3, -0.25) is 19.6 Å². The molecule has 0 aliphatic carbocycles. The number of carbonyl (C=O) groups excluding carboxylic acids is 2. The molecule has 8 rings (SSSR count). The van der Waals surface area contributed by atoms with E-state index in [9.17, 15) is 9.59 Å². The van der Waals surface area contributed by atoms with Crippen molar-refractivity contribution in [2.24, 2.45) is 9.98 Å². The first-order valence-electron chi connectivity index (χ1n) is 19.3. The maximum Gasteiger partial charge on any atom is 0.260 e. The molecule has 13 heteroatoms. The molecule has 2 amide bonds. The van der Waals surface area contributed by atoms with Gasteiger partial charge in [-0.05, 0) is 84.4 Å². The number of hydrogen-bond acceptors (Lipinski definition) is 10. The van der Waals surface area contributed by atoms with Crippen molar-refractivity contribution in [1.82, 2.24) is 9.80 Å². The molecule has 12 nitrogen and oxygen atoms in total. The second kappa shape index (κ2) is 16.2. The van der Waals surface area contributed by atoms with Crippen LogP contribution in [0.25, 0.3) is 11.1 Å². The lowest BCUT2D eigenvalue weighted by Crippen LogP contribution is -2.47. The SMILES string of the molecule is [B]C12C=Nc3cc(OCCCCCOc4cc5c(cc4OC)C(=O)N4C=C(c6ccc(OC)cc6)C[C@H]4C=N5)c(OC)cc3C(=O)N1C=C(c1cccc(NC)c1)C2. The number of aliphatic imine (C=N–C) groups is 2. The number of fused-ring (bicyclic) bond motifs is 4. The Hall–Kier alpha value is -6.50. The Morgan fingerprint density at radius 2 is 1.41 bits per heavy atom. The molecule has 294 valence electrons. The van der Waals surface area contributed by atoms with Gasteiger partial charge in [-0.15, -0.1) is 0 Å². The molecule has 4 aromatic carbocycles. The molecule has 0 aromatic heterocycles. The van der Waals surface area contributed by atoms with E-state index in [-0.39, 0.29) is 17.9 Å². The Kier molecular flexibility index (Phi) is 10.7. The van der Waals surface area contributed by atoms with E-state index >= 15 is 0 Å². The van der Waals surface area contributed by atoms with E-state index in [1.165, 1.54) is 0 Å². The van der Waals surface area contributed by atoms with E-state index in [1.807, 2.05) is 74.2 Å². The zero-order valence-electron chi connectivity index (χ0n) is 33.0. The van der Waals surface area contributed by atoms with Gasteiger partial charge in [0.05, 0.1) is 63.1 Å². The molecule has 1 N–H and O–H groups in total. The van der Waals surface area contributed by atoms with Crippen LogP contribution >= 0.6 is 0 Å². The van der Waals surface area contributed by atoms with Crippen LogP contribution in [0.3, 0.4) is 0 Å². The minimum atomic E-state index is -1.11. The summed E-state index contributed by atoms with van der Waals surface area (Å²) in [6.45, 7) is 0.853. The van der Waals surface area contributed by atoms with Crippen molar-refractivity contribution in [2.75, 3.05) is 46.9 Å². The third kappa shape index (κ3) is 7.39. The third-order valence-electron chi connectivity index (χ3n) is 10.9. The van der Waals surface area contributed by atoms with Gasteiger partial charge in [-0.1, -0.05) is 24.3 Å². The van der Waals surface area contributed by atoms with Gasteiger partial charge < -0.3 is 38.8 Å². The molecule has 4 aliphatic rings. The van der Waals surface area contributed by atoms with Crippen LogP contribution in [0.5, 0.6) is 28.7 Å². The van der Waals surface area contributed by atoms with Gasteiger partial charge in [0.1, 0.15) is 13.6 Å². The molecule has 4 aliphatic heterocycles. The van der Waals surface area contributed by atoms with Crippen LogP contribution in [0, 0.1) is 0 Å². The Balaban J connectivity index is 0.859. The van der Waals surface area contributed by atoms with Crippen LogP contribution < -0.4 is 29.0 Å². The predicted octanol–water partition coefficient (Wildman–Crippen LogP) is 7.82. The molecular formula is C45H44BN5O7. The summed E-state index contributed by atoms with van der Waals surface area (Å²) < 4.78 is 28.9. The van der Waals surface area contributed by atoms with Gasteiger partial charge in [0.15, 0.2) is 23.0 Å². The van der Waals surface area contributed by atoms with E-state index in [2.05, 4.69) is 10.3 Å². The second-order valence-corrected chi connectivity index (χ2v) is 14.5. The summed E-state index contributed by atoms with van der Waals surface area (Å²) in [6, 6.07) is 22.5. The van der Waals surface area contributed by atoms with Crippen molar-refractivity contribution in [2.45, 2.75) is 43.6 Å². The molecule has 4 aromatic rings. The highest BCUT2D eigenvalue weighted by atomic mass is 16.5. The predicted molar refractivity (Wildman–Crippen MR) is 226 cm³/mol. The lowest BCUT2D eigenvalue weighted by Gasteiger charge is -2.30. The lowest BCUT2D eigenvalue weighted by atomic mass is 9.74. The van der Waals surface area contributed by atoms with Crippen LogP contribution in [0.4, 0.5) is 17.1 Å². The number of ether oxygens (including phenoxy) is 5. The normalized spacial score (nSPS) is 18.9. The Labute approximate surface area is 339 Å². The molecule has 2 atom stereocenters. The molecule has 0 fully saturated rings. The summed E-state index contributed by atoms with van der Waals surface area (Å²) >= 11 is 0. The first kappa shape index (κ1) is 38.4. The largest absolute Gasteiger partial charge is 0.497 e. The number of nitrogens with one attached hydrogen (secondary N) is 1. The summed E-state index contributed by atoms with van der Waals surface area (Å²) in [6.07, 6.45) is 10.6. The number of nitrogens with zero attached hydrogens (tertiary/aromatic N) is 4. The fourth-order valence-corrected chi connectivity index (χ4v) is 7.65. The first-order chi connectivity index (χ1) is 28.2. The third-order valence-corrected chi connectivity index (χ3v) is 10.9. The van der Waals surface area contributed by atoms with Crippen LogP contribution in [-0.2, 0) is 0 Å². The van der Waals surface area contributed by atoms with Crippen LogP contribution in [0.2, 0.25) is 0 Å². The topological polar surface area (TPSA) is 124 Å². The van der Waals surface area contributed by atoms with Crippen LogP contribution in [-0.4, -0.2) is 95.0 Å². The molecule has 2 radical (unpaired) electrons. The van der Waals surface area contributed by atoms with Gasteiger partial charge >= 0.3 is 0 Å². The number of hydrogen-bond donors (Lipinski definition) is 1. The van der Waals surface area contributed by atoms with Gasteiger partial charge in [-0.25, -0.2) is 0 Å². The highest BCUT2D eigenvalue weighted by molar-refractivity contribution is 6.29. The van der Waals surface area contributed by atoms with Crippen molar-refractivity contribution in [3.05, 3.63) is 107 Å². The number of carbonyl (C=O) groups is 2. The van der Waals surface area contributed by atoms with Crippen molar-refractivity contribution in [3.8, 4) is 28.7 Å². The van der Waals surface area contributed by atoms with E-state index in [0.717, 1.165) is 53.0 Å². The minimum Gasteiger partial charge on any atom is -0.497 e. The maximum absolute atomic E-state index is 13.9. The molecule has 4 heterocycles. The first-order valence-corrected chi connectivity index (χ1v) is 19.3. The monoisotopic (exact) mass is 777 g/mol.